The molecule has 1 saturated carbocycles. The van der Waals surface area contributed by atoms with E-state index in [4.69, 9.17) is 4.74 Å². The van der Waals surface area contributed by atoms with Gasteiger partial charge in [0.1, 0.15) is 5.75 Å². The Labute approximate surface area is 201 Å². The standard InChI is InChI=1S/C27H35N5O2/c1-34-25-11-4-3-10-24(25)31-17-15-30(16-18-31)21-27(12-6-2-7-13-27)20-28-26(33)23-19-22-9-5-8-14-32(22)29-23/h3-5,8-11,14,19H,2,6-7,12-13,15-18,20-21H2,1H3,(H,28,33). The van der Waals surface area contributed by atoms with Crippen molar-refractivity contribution in [2.45, 2.75) is 32.1 Å². The molecule has 1 amide bonds. The van der Waals surface area contributed by atoms with E-state index in [-0.39, 0.29) is 11.3 Å². The fraction of sp³-hybridized carbons (Fsp3) is 0.481. The van der Waals surface area contributed by atoms with E-state index < -0.39 is 0 Å². The van der Waals surface area contributed by atoms with Crippen molar-refractivity contribution in [2.75, 3.05) is 51.3 Å². The number of para-hydroxylation sites is 2. The van der Waals surface area contributed by atoms with E-state index in [1.165, 1.54) is 37.8 Å². The average molecular weight is 462 g/mol. The van der Waals surface area contributed by atoms with E-state index in [0.29, 0.717) is 12.2 Å². The summed E-state index contributed by atoms with van der Waals surface area (Å²) in [7, 11) is 1.74. The lowest BCUT2D eigenvalue weighted by atomic mass is 9.73. The Morgan fingerprint density at radius 1 is 1.03 bits per heavy atom. The molecule has 0 atom stereocenters. The van der Waals surface area contributed by atoms with E-state index in [9.17, 15) is 4.79 Å². The third-order valence-electron chi connectivity index (χ3n) is 7.50. The summed E-state index contributed by atoms with van der Waals surface area (Å²) in [6, 6.07) is 16.0. The maximum absolute atomic E-state index is 12.9. The predicted molar refractivity (Wildman–Crippen MR) is 135 cm³/mol. The summed E-state index contributed by atoms with van der Waals surface area (Å²) >= 11 is 0. The zero-order valence-electron chi connectivity index (χ0n) is 20.1. The molecule has 0 spiro atoms. The van der Waals surface area contributed by atoms with Crippen molar-refractivity contribution in [3.8, 4) is 5.75 Å². The van der Waals surface area contributed by atoms with Gasteiger partial charge in [0.15, 0.2) is 5.69 Å². The van der Waals surface area contributed by atoms with Gasteiger partial charge in [0.25, 0.3) is 5.91 Å². The summed E-state index contributed by atoms with van der Waals surface area (Å²) in [6.07, 6.45) is 8.00. The van der Waals surface area contributed by atoms with Crippen molar-refractivity contribution in [3.05, 3.63) is 60.4 Å². The molecule has 7 nitrogen and oxygen atoms in total. The van der Waals surface area contributed by atoms with Gasteiger partial charge in [-0.05, 0) is 43.2 Å². The van der Waals surface area contributed by atoms with Gasteiger partial charge in [-0.1, -0.05) is 37.5 Å². The van der Waals surface area contributed by atoms with E-state index >= 15 is 0 Å². The highest BCUT2D eigenvalue weighted by molar-refractivity contribution is 5.93. The number of piperazine rings is 1. The minimum absolute atomic E-state index is 0.0744. The van der Waals surface area contributed by atoms with E-state index in [2.05, 4.69) is 32.3 Å². The van der Waals surface area contributed by atoms with Gasteiger partial charge in [-0.3, -0.25) is 9.69 Å². The molecule has 1 N–H and O–H groups in total. The number of methoxy groups -OCH3 is 1. The Morgan fingerprint density at radius 2 is 1.79 bits per heavy atom. The molecule has 0 radical (unpaired) electrons. The van der Waals surface area contributed by atoms with Gasteiger partial charge in [0.05, 0.1) is 18.3 Å². The van der Waals surface area contributed by atoms with Crippen LogP contribution in [0.5, 0.6) is 5.75 Å². The molecular formula is C27H35N5O2. The minimum atomic E-state index is -0.0744. The molecule has 7 heteroatoms. The number of pyridine rings is 1. The number of aromatic nitrogens is 2. The molecule has 2 aromatic heterocycles. The number of carbonyl (C=O) groups is 1. The summed E-state index contributed by atoms with van der Waals surface area (Å²) in [4.78, 5) is 17.9. The molecular weight excluding hydrogens is 426 g/mol. The summed E-state index contributed by atoms with van der Waals surface area (Å²) in [6.45, 7) is 5.79. The Kier molecular flexibility index (Phi) is 6.72. The van der Waals surface area contributed by atoms with Crippen LogP contribution < -0.4 is 15.0 Å². The highest BCUT2D eigenvalue weighted by Gasteiger charge is 2.35. The number of rotatable bonds is 7. The van der Waals surface area contributed by atoms with Crippen molar-refractivity contribution >= 4 is 17.1 Å². The Hall–Kier alpha value is -3.06. The maximum atomic E-state index is 12.9. The minimum Gasteiger partial charge on any atom is -0.495 e. The van der Waals surface area contributed by atoms with Crippen LogP contribution in [0.1, 0.15) is 42.6 Å². The average Bonchev–Trinajstić information content (AvgIpc) is 3.33. The predicted octanol–water partition coefficient (Wildman–Crippen LogP) is 3.85. The van der Waals surface area contributed by atoms with Crippen LogP contribution in [-0.2, 0) is 0 Å². The first kappa shape index (κ1) is 22.7. The lowest BCUT2D eigenvalue weighted by Crippen LogP contribution is -2.53. The number of nitrogens with one attached hydrogen (secondary N) is 1. The Balaban J connectivity index is 1.21. The van der Waals surface area contributed by atoms with Crippen LogP contribution in [0.4, 0.5) is 5.69 Å². The van der Waals surface area contributed by atoms with Crippen LogP contribution in [0.15, 0.2) is 54.7 Å². The third kappa shape index (κ3) is 4.89. The van der Waals surface area contributed by atoms with Gasteiger partial charge in [-0.2, -0.15) is 5.10 Å². The molecule has 1 saturated heterocycles. The van der Waals surface area contributed by atoms with Crippen molar-refractivity contribution < 1.29 is 9.53 Å². The van der Waals surface area contributed by atoms with Gasteiger partial charge in [0, 0.05) is 50.9 Å². The molecule has 1 aromatic carbocycles. The number of amides is 1. The largest absolute Gasteiger partial charge is 0.495 e. The number of hydrogen-bond acceptors (Lipinski definition) is 5. The normalized spacial score (nSPS) is 18.7. The van der Waals surface area contributed by atoms with Gasteiger partial charge in [0.2, 0.25) is 0 Å². The number of hydrogen-bond donors (Lipinski definition) is 1. The summed E-state index contributed by atoms with van der Waals surface area (Å²) in [5.41, 5.74) is 2.74. The van der Waals surface area contributed by atoms with Crippen LogP contribution in [0.25, 0.3) is 5.52 Å². The first-order valence-electron chi connectivity index (χ1n) is 12.5. The van der Waals surface area contributed by atoms with Crippen LogP contribution in [0, 0.1) is 5.41 Å². The van der Waals surface area contributed by atoms with Gasteiger partial charge in [-0.25, -0.2) is 4.52 Å². The topological polar surface area (TPSA) is 62.1 Å². The molecule has 34 heavy (non-hydrogen) atoms. The zero-order valence-corrected chi connectivity index (χ0v) is 20.1. The van der Waals surface area contributed by atoms with Gasteiger partial charge < -0.3 is 15.0 Å². The van der Waals surface area contributed by atoms with Crippen LogP contribution in [-0.4, -0.2) is 66.8 Å². The Bertz CT molecular complexity index is 1080. The summed E-state index contributed by atoms with van der Waals surface area (Å²) in [5.74, 6) is 0.865. The lowest BCUT2D eigenvalue weighted by molar-refractivity contribution is 0.0801. The van der Waals surface area contributed by atoms with Crippen molar-refractivity contribution in [3.63, 3.8) is 0 Å². The van der Waals surface area contributed by atoms with E-state index in [1.807, 2.05) is 42.6 Å². The molecule has 2 aliphatic rings. The zero-order chi connectivity index (χ0) is 23.4. The molecule has 0 bridgehead atoms. The number of benzene rings is 1. The van der Waals surface area contributed by atoms with Crippen molar-refractivity contribution in [1.82, 2.24) is 19.8 Å². The maximum Gasteiger partial charge on any atom is 0.271 e. The number of carbonyl (C=O) groups excluding carboxylic acids is 1. The summed E-state index contributed by atoms with van der Waals surface area (Å²) < 4.78 is 7.33. The second-order valence-corrected chi connectivity index (χ2v) is 9.78. The first-order chi connectivity index (χ1) is 16.7. The third-order valence-corrected chi connectivity index (χ3v) is 7.50. The molecule has 3 aromatic rings. The quantitative estimate of drug-likeness (QED) is 0.579. The SMILES string of the molecule is COc1ccccc1N1CCN(CC2(CNC(=O)c3cc4ccccn4n3)CCCCC2)CC1. The molecule has 1 aliphatic heterocycles. The van der Waals surface area contributed by atoms with Crippen LogP contribution >= 0.6 is 0 Å². The fourth-order valence-corrected chi connectivity index (χ4v) is 5.61. The molecule has 3 heterocycles. The van der Waals surface area contributed by atoms with Crippen LogP contribution in [0.3, 0.4) is 0 Å². The smallest absolute Gasteiger partial charge is 0.271 e. The number of ether oxygens (including phenoxy) is 1. The van der Waals surface area contributed by atoms with Gasteiger partial charge >= 0.3 is 0 Å². The molecule has 0 unspecified atom stereocenters. The molecule has 180 valence electrons. The van der Waals surface area contributed by atoms with Crippen molar-refractivity contribution in [1.29, 1.82) is 0 Å². The number of anilines is 1. The molecule has 5 rings (SSSR count). The van der Waals surface area contributed by atoms with Gasteiger partial charge in [-0.15, -0.1) is 0 Å². The highest BCUT2D eigenvalue weighted by atomic mass is 16.5. The van der Waals surface area contributed by atoms with E-state index in [1.54, 1.807) is 11.6 Å². The van der Waals surface area contributed by atoms with Crippen LogP contribution in [0.2, 0.25) is 0 Å². The number of nitrogens with zero attached hydrogens (tertiary/aromatic N) is 4. The number of fused-ring (bicyclic) bond motifs is 1. The van der Waals surface area contributed by atoms with E-state index in [0.717, 1.165) is 44.0 Å². The second-order valence-electron chi connectivity index (χ2n) is 9.78. The highest BCUT2D eigenvalue weighted by Crippen LogP contribution is 2.37. The van der Waals surface area contributed by atoms with Crippen molar-refractivity contribution in [2.24, 2.45) is 5.41 Å². The molecule has 1 aliphatic carbocycles. The fourth-order valence-electron chi connectivity index (χ4n) is 5.61. The first-order valence-corrected chi connectivity index (χ1v) is 12.5. The lowest BCUT2D eigenvalue weighted by Gasteiger charge is -2.44. The Morgan fingerprint density at radius 3 is 2.56 bits per heavy atom. The molecule has 2 fully saturated rings. The monoisotopic (exact) mass is 461 g/mol. The second kappa shape index (κ2) is 10.1. The summed E-state index contributed by atoms with van der Waals surface area (Å²) in [5, 5.41) is 7.69.